The second-order valence-electron chi connectivity index (χ2n) is 6.94. The maximum absolute atomic E-state index is 6.10. The maximum Gasteiger partial charge on any atom is 0.133 e. The molecule has 1 aliphatic rings. The van der Waals surface area contributed by atoms with Gasteiger partial charge in [-0.2, -0.15) is 0 Å². The fourth-order valence-corrected chi connectivity index (χ4v) is 3.86. The molecule has 0 fully saturated rings. The molecule has 0 unspecified atom stereocenters. The summed E-state index contributed by atoms with van der Waals surface area (Å²) in [5, 5.41) is 4.99. The smallest absolute Gasteiger partial charge is 0.133 e. The molecule has 4 nitrogen and oxygen atoms in total. The van der Waals surface area contributed by atoms with E-state index in [2.05, 4.69) is 5.32 Å². The van der Waals surface area contributed by atoms with Crippen LogP contribution in [0.4, 0.5) is 0 Å². The van der Waals surface area contributed by atoms with E-state index in [9.17, 15) is 0 Å². The Labute approximate surface area is 186 Å². The summed E-state index contributed by atoms with van der Waals surface area (Å²) >= 11 is 12.2. The second-order valence-corrected chi connectivity index (χ2v) is 7.82. The summed E-state index contributed by atoms with van der Waals surface area (Å²) in [5.41, 5.74) is 3.06. The highest BCUT2D eigenvalue weighted by Crippen LogP contribution is 2.39. The number of hydrogen-bond donors (Lipinski definition) is 1. The van der Waals surface area contributed by atoms with Crippen molar-refractivity contribution in [1.82, 2.24) is 5.32 Å². The molecule has 154 valence electrons. The Bertz CT molecular complexity index is 1050. The lowest BCUT2D eigenvalue weighted by molar-refractivity contribution is 0.336. The first kappa shape index (κ1) is 20.6. The molecule has 3 aromatic rings. The van der Waals surface area contributed by atoms with Crippen molar-refractivity contribution in [3.05, 3.63) is 93.5 Å². The first-order chi connectivity index (χ1) is 14.6. The summed E-state index contributed by atoms with van der Waals surface area (Å²) in [5.74, 6) is 2.24. The van der Waals surface area contributed by atoms with Crippen LogP contribution in [0.5, 0.6) is 11.5 Å². The highest BCUT2D eigenvalue weighted by Gasteiger charge is 2.32. The van der Waals surface area contributed by atoms with Gasteiger partial charge in [-0.1, -0.05) is 47.5 Å². The van der Waals surface area contributed by atoms with Gasteiger partial charge in [-0.15, -0.1) is 0 Å². The average molecular weight is 441 g/mol. The lowest BCUT2D eigenvalue weighted by Crippen LogP contribution is -2.25. The molecular weight excluding hydrogens is 419 g/mol. The number of amidine groups is 1. The molecule has 1 heterocycles. The molecule has 0 amide bonds. The number of benzene rings is 3. The van der Waals surface area contributed by atoms with Crippen LogP contribution in [0.2, 0.25) is 10.0 Å². The van der Waals surface area contributed by atoms with Gasteiger partial charge in [-0.05, 0) is 54.4 Å². The van der Waals surface area contributed by atoms with Gasteiger partial charge in [-0.25, -0.2) is 0 Å². The summed E-state index contributed by atoms with van der Waals surface area (Å²) in [6.45, 7) is 2.55. The van der Waals surface area contributed by atoms with Crippen molar-refractivity contribution in [3.63, 3.8) is 0 Å². The zero-order valence-electron chi connectivity index (χ0n) is 16.7. The number of ether oxygens (including phenoxy) is 2. The van der Waals surface area contributed by atoms with Crippen molar-refractivity contribution in [2.24, 2.45) is 4.99 Å². The van der Waals surface area contributed by atoms with Crippen molar-refractivity contribution in [1.29, 1.82) is 0 Å². The van der Waals surface area contributed by atoms with Gasteiger partial charge in [0.25, 0.3) is 0 Å². The quantitative estimate of drug-likeness (QED) is 0.493. The van der Waals surface area contributed by atoms with Gasteiger partial charge >= 0.3 is 0 Å². The van der Waals surface area contributed by atoms with Crippen LogP contribution in [0, 0.1) is 0 Å². The van der Waals surface area contributed by atoms with Crippen molar-refractivity contribution in [2.75, 3.05) is 13.7 Å². The Morgan fingerprint density at radius 1 is 0.900 bits per heavy atom. The third-order valence-corrected chi connectivity index (χ3v) is 5.56. The van der Waals surface area contributed by atoms with Crippen molar-refractivity contribution in [3.8, 4) is 11.5 Å². The fraction of sp³-hybridized carbons (Fsp3) is 0.208. The Hall–Kier alpha value is -2.69. The summed E-state index contributed by atoms with van der Waals surface area (Å²) in [7, 11) is 1.65. The molecule has 0 radical (unpaired) electrons. The van der Waals surface area contributed by atoms with E-state index < -0.39 is 0 Å². The van der Waals surface area contributed by atoms with Gasteiger partial charge in [0, 0.05) is 16.1 Å². The molecule has 6 heteroatoms. The van der Waals surface area contributed by atoms with E-state index in [0.29, 0.717) is 22.4 Å². The molecule has 0 aliphatic carbocycles. The minimum Gasteiger partial charge on any atom is -0.496 e. The van der Waals surface area contributed by atoms with Crippen LogP contribution in [0.15, 0.2) is 71.7 Å². The normalized spacial score (nSPS) is 17.9. The summed E-state index contributed by atoms with van der Waals surface area (Å²) in [6, 6.07) is 21.3. The molecule has 1 N–H and O–H groups in total. The van der Waals surface area contributed by atoms with Crippen LogP contribution in [0.1, 0.15) is 35.7 Å². The first-order valence-electron chi connectivity index (χ1n) is 9.75. The number of nitrogens with one attached hydrogen (secondary N) is 1. The largest absolute Gasteiger partial charge is 0.496 e. The Morgan fingerprint density at radius 3 is 2.13 bits per heavy atom. The van der Waals surface area contributed by atoms with E-state index in [1.165, 1.54) is 0 Å². The van der Waals surface area contributed by atoms with Crippen LogP contribution in [-0.4, -0.2) is 19.6 Å². The molecule has 0 saturated heterocycles. The van der Waals surface area contributed by atoms with Crippen LogP contribution in [0.3, 0.4) is 0 Å². The summed E-state index contributed by atoms with van der Waals surface area (Å²) < 4.78 is 11.2. The van der Waals surface area contributed by atoms with Gasteiger partial charge in [-0.3, -0.25) is 4.99 Å². The van der Waals surface area contributed by atoms with Gasteiger partial charge < -0.3 is 14.8 Å². The minimum absolute atomic E-state index is 0.0466. The molecule has 3 aromatic carbocycles. The zero-order chi connectivity index (χ0) is 21.1. The predicted octanol–water partition coefficient (Wildman–Crippen LogP) is 6.23. The van der Waals surface area contributed by atoms with Gasteiger partial charge in [0.1, 0.15) is 23.4 Å². The van der Waals surface area contributed by atoms with Gasteiger partial charge in [0.15, 0.2) is 0 Å². The average Bonchev–Trinajstić information content (AvgIpc) is 3.20. The number of hydrogen-bond acceptors (Lipinski definition) is 4. The molecule has 2 atom stereocenters. The highest BCUT2D eigenvalue weighted by atomic mass is 35.5. The standard InChI is InChI=1S/C24H22Cl2N2O2/c1-3-30-19-12-13-20(21(14-19)29-2)24-27-22(15-4-8-17(25)9-5-15)23(28-24)16-6-10-18(26)11-7-16/h4-14,22-23H,3H2,1-2H3,(H,27,28)/t22-,23+. The summed E-state index contributed by atoms with van der Waals surface area (Å²) in [6.07, 6.45) is 0. The Balaban J connectivity index is 1.74. The first-order valence-corrected chi connectivity index (χ1v) is 10.5. The Kier molecular flexibility index (Phi) is 6.16. The number of halogens is 2. The number of nitrogens with zero attached hydrogens (tertiary/aromatic N) is 1. The third kappa shape index (κ3) is 4.25. The van der Waals surface area contributed by atoms with E-state index in [0.717, 1.165) is 28.3 Å². The van der Waals surface area contributed by atoms with Crippen molar-refractivity contribution in [2.45, 2.75) is 19.0 Å². The SMILES string of the molecule is CCOc1ccc(C2=N[C@H](c3ccc(Cl)cc3)[C@H](c3ccc(Cl)cc3)N2)c(OC)c1. The highest BCUT2D eigenvalue weighted by molar-refractivity contribution is 6.30. The van der Waals surface area contributed by atoms with Gasteiger partial charge in [0.05, 0.1) is 25.3 Å². The molecule has 30 heavy (non-hydrogen) atoms. The molecule has 1 aliphatic heterocycles. The number of methoxy groups -OCH3 is 1. The van der Waals surface area contributed by atoms with Crippen LogP contribution >= 0.6 is 23.2 Å². The minimum atomic E-state index is -0.116. The zero-order valence-corrected chi connectivity index (χ0v) is 18.2. The maximum atomic E-state index is 6.10. The van der Waals surface area contributed by atoms with Crippen molar-refractivity contribution < 1.29 is 9.47 Å². The molecule has 0 spiro atoms. The van der Waals surface area contributed by atoms with E-state index in [-0.39, 0.29) is 12.1 Å². The van der Waals surface area contributed by atoms with Gasteiger partial charge in [0.2, 0.25) is 0 Å². The Morgan fingerprint density at radius 2 is 1.53 bits per heavy atom. The topological polar surface area (TPSA) is 42.8 Å². The van der Waals surface area contributed by atoms with Crippen LogP contribution < -0.4 is 14.8 Å². The molecule has 0 bridgehead atoms. The molecule has 4 rings (SSSR count). The predicted molar refractivity (Wildman–Crippen MR) is 122 cm³/mol. The lowest BCUT2D eigenvalue weighted by Gasteiger charge is -2.20. The van der Waals surface area contributed by atoms with E-state index in [1.54, 1.807) is 7.11 Å². The van der Waals surface area contributed by atoms with Crippen LogP contribution in [-0.2, 0) is 0 Å². The molecule has 0 aromatic heterocycles. The molecular formula is C24H22Cl2N2O2. The second kappa shape index (κ2) is 8.99. The lowest BCUT2D eigenvalue weighted by atomic mass is 9.95. The van der Waals surface area contributed by atoms with Crippen molar-refractivity contribution >= 4 is 29.0 Å². The molecule has 0 saturated carbocycles. The van der Waals surface area contributed by atoms with E-state index in [4.69, 9.17) is 37.7 Å². The van der Waals surface area contributed by atoms with Crippen LogP contribution in [0.25, 0.3) is 0 Å². The number of aliphatic imine (C=N–C) groups is 1. The third-order valence-electron chi connectivity index (χ3n) is 5.06. The number of rotatable bonds is 6. The van der Waals surface area contributed by atoms with E-state index >= 15 is 0 Å². The monoisotopic (exact) mass is 440 g/mol. The fourth-order valence-electron chi connectivity index (χ4n) is 3.61. The van der Waals surface area contributed by atoms with E-state index in [1.807, 2.05) is 73.7 Å². The summed E-state index contributed by atoms with van der Waals surface area (Å²) in [4.78, 5) is 5.03.